The zero-order valence-corrected chi connectivity index (χ0v) is 18.4. The number of aliphatic hydroxyl groups excluding tert-OH is 1. The number of rotatable bonds is 14. The summed E-state index contributed by atoms with van der Waals surface area (Å²) in [5.41, 5.74) is 12.0. The molecule has 0 aliphatic heterocycles. The lowest BCUT2D eigenvalue weighted by atomic mass is 10.1. The van der Waals surface area contributed by atoms with Crippen molar-refractivity contribution in [2.45, 2.75) is 43.4 Å². The number of nitrogens with zero attached hydrogens (tertiary/aromatic N) is 2. The lowest BCUT2D eigenvalue weighted by molar-refractivity contribution is -0.142. The third kappa shape index (κ3) is 8.52. The van der Waals surface area contributed by atoms with Crippen LogP contribution in [0.15, 0.2) is 25.0 Å². The standard InChI is InChI=1S/C19H27N9O7/c20-11(1-9-4-22-7-24-9)16(31)26-12(3-15(21)30)17(32)28-14(6-29)18(33)27-13(19(34)35)2-10-5-23-8-25-10/h4-5,7-8,11-14,29H,1-3,6,20H2,(H2,21,30)(H,22,24)(H,23,25)(H,26,31)(H,27,33)(H,28,32)(H,34,35). The molecule has 11 N–H and O–H groups in total. The molecule has 0 spiro atoms. The number of carbonyl (C=O) groups is 5. The molecule has 4 atom stereocenters. The van der Waals surface area contributed by atoms with Crippen molar-refractivity contribution in [3.8, 4) is 0 Å². The highest BCUT2D eigenvalue weighted by Gasteiger charge is 2.31. The van der Waals surface area contributed by atoms with Gasteiger partial charge in [-0.05, 0) is 0 Å². The van der Waals surface area contributed by atoms with Gasteiger partial charge in [-0.1, -0.05) is 0 Å². The van der Waals surface area contributed by atoms with E-state index < -0.39 is 66.8 Å². The fraction of sp³-hybridized carbons (Fsp3) is 0.421. The van der Waals surface area contributed by atoms with E-state index in [1.165, 1.54) is 25.0 Å². The van der Waals surface area contributed by atoms with Crippen molar-refractivity contribution in [3.63, 3.8) is 0 Å². The number of aromatic nitrogens is 4. The largest absolute Gasteiger partial charge is 0.480 e. The molecule has 0 saturated carbocycles. The fourth-order valence-corrected chi connectivity index (χ4v) is 2.97. The van der Waals surface area contributed by atoms with Crippen molar-refractivity contribution < 1.29 is 34.2 Å². The van der Waals surface area contributed by atoms with Gasteiger partial charge in [0.1, 0.15) is 18.1 Å². The molecule has 4 amide bonds. The first-order chi connectivity index (χ1) is 16.6. The van der Waals surface area contributed by atoms with Gasteiger partial charge in [0.05, 0.1) is 31.7 Å². The molecular formula is C19H27N9O7. The van der Waals surface area contributed by atoms with Gasteiger partial charge < -0.3 is 47.6 Å². The van der Waals surface area contributed by atoms with Crippen LogP contribution in [0.4, 0.5) is 0 Å². The van der Waals surface area contributed by atoms with Crippen LogP contribution < -0.4 is 27.4 Å². The average Bonchev–Trinajstić information content (AvgIpc) is 3.50. The van der Waals surface area contributed by atoms with Gasteiger partial charge in [-0.15, -0.1) is 0 Å². The van der Waals surface area contributed by atoms with Crippen molar-refractivity contribution >= 4 is 29.6 Å². The van der Waals surface area contributed by atoms with Crippen molar-refractivity contribution in [3.05, 3.63) is 36.4 Å². The number of aromatic amines is 2. The molecule has 4 unspecified atom stereocenters. The first kappa shape index (κ1) is 26.9. The predicted octanol–water partition coefficient (Wildman–Crippen LogP) is -4.35. The number of aliphatic carboxylic acids is 1. The molecule has 2 aromatic heterocycles. The summed E-state index contributed by atoms with van der Waals surface area (Å²) in [6.07, 6.45) is 4.87. The van der Waals surface area contributed by atoms with Crippen LogP contribution in [0.5, 0.6) is 0 Å². The van der Waals surface area contributed by atoms with Gasteiger partial charge in [0.25, 0.3) is 0 Å². The second-order valence-electron chi connectivity index (χ2n) is 7.54. The van der Waals surface area contributed by atoms with Crippen molar-refractivity contribution in [2.75, 3.05) is 6.61 Å². The van der Waals surface area contributed by atoms with E-state index in [9.17, 15) is 34.2 Å². The molecule has 35 heavy (non-hydrogen) atoms. The zero-order valence-electron chi connectivity index (χ0n) is 18.4. The Morgan fingerprint density at radius 1 is 0.857 bits per heavy atom. The number of hydrogen-bond acceptors (Lipinski definition) is 9. The lowest BCUT2D eigenvalue weighted by Crippen LogP contribution is -2.59. The van der Waals surface area contributed by atoms with E-state index in [0.29, 0.717) is 11.4 Å². The summed E-state index contributed by atoms with van der Waals surface area (Å²) in [4.78, 5) is 73.6. The monoisotopic (exact) mass is 493 g/mol. The number of H-pyrrole nitrogens is 2. The Morgan fingerprint density at radius 3 is 1.86 bits per heavy atom. The Bertz CT molecular complexity index is 1010. The first-order valence-corrected chi connectivity index (χ1v) is 10.3. The van der Waals surface area contributed by atoms with Crippen LogP contribution in [-0.4, -0.2) is 90.5 Å². The second kappa shape index (κ2) is 12.8. The van der Waals surface area contributed by atoms with Gasteiger partial charge >= 0.3 is 5.97 Å². The average molecular weight is 493 g/mol. The highest BCUT2D eigenvalue weighted by molar-refractivity contribution is 5.96. The third-order valence-electron chi connectivity index (χ3n) is 4.78. The minimum atomic E-state index is -1.59. The van der Waals surface area contributed by atoms with E-state index in [1.807, 2.05) is 0 Å². The zero-order chi connectivity index (χ0) is 26.0. The van der Waals surface area contributed by atoms with Crippen molar-refractivity contribution in [2.24, 2.45) is 11.5 Å². The van der Waals surface area contributed by atoms with Crippen LogP contribution in [-0.2, 0) is 36.8 Å². The van der Waals surface area contributed by atoms with E-state index in [0.717, 1.165) is 0 Å². The molecule has 2 rings (SSSR count). The molecule has 2 aromatic rings. The third-order valence-corrected chi connectivity index (χ3v) is 4.78. The Balaban J connectivity index is 2.02. The van der Waals surface area contributed by atoms with Gasteiger partial charge in [0, 0.05) is 36.6 Å². The molecule has 16 heteroatoms. The highest BCUT2D eigenvalue weighted by Crippen LogP contribution is 2.02. The number of carboxylic acid groups (broad SMARTS) is 1. The normalized spacial score (nSPS) is 14.2. The minimum absolute atomic E-state index is 0.0608. The van der Waals surface area contributed by atoms with Crippen LogP contribution in [0.25, 0.3) is 0 Å². The van der Waals surface area contributed by atoms with E-state index in [-0.39, 0.29) is 12.8 Å². The molecule has 0 bridgehead atoms. The quantitative estimate of drug-likeness (QED) is 0.122. The van der Waals surface area contributed by atoms with Crippen LogP contribution in [0.2, 0.25) is 0 Å². The van der Waals surface area contributed by atoms with Gasteiger partial charge in [-0.2, -0.15) is 0 Å². The van der Waals surface area contributed by atoms with Gasteiger partial charge in [-0.25, -0.2) is 14.8 Å². The molecule has 2 heterocycles. The topological polar surface area (TPSA) is 271 Å². The summed E-state index contributed by atoms with van der Waals surface area (Å²) in [6.45, 7) is -0.898. The Kier molecular flexibility index (Phi) is 9.85. The lowest BCUT2D eigenvalue weighted by Gasteiger charge is -2.23. The Labute approximate surface area is 198 Å². The smallest absolute Gasteiger partial charge is 0.326 e. The van der Waals surface area contributed by atoms with E-state index >= 15 is 0 Å². The number of hydrogen-bond donors (Lipinski definition) is 9. The van der Waals surface area contributed by atoms with Crippen LogP contribution >= 0.6 is 0 Å². The number of carbonyl (C=O) groups excluding carboxylic acids is 4. The molecule has 190 valence electrons. The number of primary amides is 1. The Morgan fingerprint density at radius 2 is 1.37 bits per heavy atom. The maximum atomic E-state index is 12.7. The fourth-order valence-electron chi connectivity index (χ4n) is 2.97. The molecule has 0 aliphatic carbocycles. The summed E-state index contributed by atoms with van der Waals surface area (Å²) in [5, 5.41) is 25.6. The molecule has 0 aromatic carbocycles. The number of imidazole rings is 2. The van der Waals surface area contributed by atoms with Crippen molar-refractivity contribution in [1.82, 2.24) is 35.9 Å². The van der Waals surface area contributed by atoms with Crippen LogP contribution in [0, 0.1) is 0 Å². The van der Waals surface area contributed by atoms with Crippen LogP contribution in [0.1, 0.15) is 17.8 Å². The first-order valence-electron chi connectivity index (χ1n) is 10.3. The number of amides is 4. The minimum Gasteiger partial charge on any atom is -0.480 e. The summed E-state index contributed by atoms with van der Waals surface area (Å²) < 4.78 is 0. The van der Waals surface area contributed by atoms with Crippen LogP contribution in [0.3, 0.4) is 0 Å². The molecule has 0 fully saturated rings. The van der Waals surface area contributed by atoms with Gasteiger partial charge in [0.2, 0.25) is 23.6 Å². The summed E-state index contributed by atoms with van der Waals surface area (Å²) >= 11 is 0. The van der Waals surface area contributed by atoms with E-state index in [4.69, 9.17) is 11.5 Å². The second-order valence-corrected chi connectivity index (χ2v) is 7.54. The molecule has 0 radical (unpaired) electrons. The summed E-state index contributed by atoms with van der Waals surface area (Å²) in [5.74, 6) is -5.09. The SMILES string of the molecule is NC(=O)CC(NC(=O)C(N)Cc1cnc[nH]1)C(=O)NC(CO)C(=O)NC(Cc1cnc[nH]1)C(=O)O. The van der Waals surface area contributed by atoms with Gasteiger partial charge in [0.15, 0.2) is 0 Å². The molecule has 0 saturated heterocycles. The highest BCUT2D eigenvalue weighted by atomic mass is 16.4. The maximum Gasteiger partial charge on any atom is 0.326 e. The number of nitrogens with two attached hydrogens (primary N) is 2. The number of aliphatic hydroxyl groups is 1. The maximum absolute atomic E-state index is 12.7. The number of nitrogens with one attached hydrogen (secondary N) is 5. The molecular weight excluding hydrogens is 466 g/mol. The molecule has 0 aliphatic rings. The Hall–Kier alpha value is -4.31. The van der Waals surface area contributed by atoms with E-state index in [2.05, 4.69) is 35.9 Å². The predicted molar refractivity (Wildman–Crippen MR) is 117 cm³/mol. The molecule has 16 nitrogen and oxygen atoms in total. The summed E-state index contributed by atoms with van der Waals surface area (Å²) in [7, 11) is 0. The summed E-state index contributed by atoms with van der Waals surface area (Å²) in [6, 6.07) is -5.59. The van der Waals surface area contributed by atoms with E-state index in [1.54, 1.807) is 0 Å². The number of carboxylic acids is 1. The van der Waals surface area contributed by atoms with Gasteiger partial charge in [-0.3, -0.25) is 19.2 Å². The van der Waals surface area contributed by atoms with Crippen molar-refractivity contribution in [1.29, 1.82) is 0 Å².